The molecular weight excluding hydrogens is 302 g/mol. The van der Waals surface area contributed by atoms with Crippen LogP contribution in [0.3, 0.4) is 0 Å². The van der Waals surface area contributed by atoms with Gasteiger partial charge < -0.3 is 20.2 Å². The molecule has 1 saturated heterocycles. The van der Waals surface area contributed by atoms with Crippen LogP contribution in [0.15, 0.2) is 11.1 Å². The van der Waals surface area contributed by atoms with Crippen LogP contribution in [0, 0.1) is 0 Å². The molecule has 0 radical (unpaired) electrons. The van der Waals surface area contributed by atoms with E-state index < -0.39 is 5.60 Å². The summed E-state index contributed by atoms with van der Waals surface area (Å²) in [6.45, 7) is 6.51. The lowest BCUT2D eigenvalue weighted by molar-refractivity contribution is -0.132. The largest absolute Gasteiger partial charge is 0.389 e. The Morgan fingerprint density at radius 2 is 2.27 bits per heavy atom. The Morgan fingerprint density at radius 3 is 2.86 bits per heavy atom. The smallest absolute Gasteiger partial charge is 0.271 e. The first-order valence-corrected chi connectivity index (χ1v) is 8.63. The van der Waals surface area contributed by atoms with Crippen LogP contribution in [0.2, 0.25) is 0 Å². The first-order valence-electron chi connectivity index (χ1n) is 7.69. The van der Waals surface area contributed by atoms with Gasteiger partial charge in [-0.05, 0) is 40.0 Å². The highest BCUT2D eigenvalue weighted by molar-refractivity contribution is 8.02. The molecule has 2 aliphatic rings. The highest BCUT2D eigenvalue weighted by atomic mass is 32.2. The molecule has 0 bridgehead atoms. The normalized spacial score (nSPS) is 25.9. The van der Waals surface area contributed by atoms with Gasteiger partial charge in [-0.3, -0.25) is 9.59 Å². The lowest BCUT2D eigenvalue weighted by Gasteiger charge is -2.38. The zero-order chi connectivity index (χ0) is 16.3. The van der Waals surface area contributed by atoms with Gasteiger partial charge in [0.2, 0.25) is 6.41 Å². The molecule has 0 aromatic heterocycles. The number of likely N-dealkylation sites (tertiary alicyclic amines) is 1. The molecule has 6 nitrogen and oxygen atoms in total. The number of carbonyl (C=O) groups is 2. The number of amides is 2. The zero-order valence-electron chi connectivity index (χ0n) is 13.4. The molecule has 7 heteroatoms. The molecule has 2 aliphatic heterocycles. The number of hydrogen-bond donors (Lipinski definition) is 2. The lowest BCUT2D eigenvalue weighted by Crippen LogP contribution is -2.51. The zero-order valence-corrected chi connectivity index (χ0v) is 14.2. The fraction of sp³-hybridized carbons (Fsp3) is 0.733. The molecular formula is C15H25N3O3S. The van der Waals surface area contributed by atoms with E-state index in [0.717, 1.165) is 25.8 Å². The van der Waals surface area contributed by atoms with E-state index in [1.54, 1.807) is 24.2 Å². The molecule has 1 unspecified atom stereocenters. The van der Waals surface area contributed by atoms with Gasteiger partial charge in [-0.15, -0.1) is 0 Å². The molecule has 0 aliphatic carbocycles. The summed E-state index contributed by atoms with van der Waals surface area (Å²) in [5.74, 6) is -0.0147. The second-order valence-corrected chi connectivity index (χ2v) is 7.51. The summed E-state index contributed by atoms with van der Waals surface area (Å²) >= 11 is 1.38. The number of thioether (sulfide) groups is 1. The third-order valence-corrected chi connectivity index (χ3v) is 4.96. The maximum Gasteiger partial charge on any atom is 0.271 e. The summed E-state index contributed by atoms with van der Waals surface area (Å²) in [4.78, 5) is 27.3. The van der Waals surface area contributed by atoms with Crippen molar-refractivity contribution in [2.45, 2.75) is 57.2 Å². The van der Waals surface area contributed by atoms with Gasteiger partial charge in [0.15, 0.2) is 5.50 Å². The number of nitrogens with zero attached hydrogens (tertiary/aromatic N) is 2. The van der Waals surface area contributed by atoms with Crippen molar-refractivity contribution in [3.05, 3.63) is 11.1 Å². The molecule has 22 heavy (non-hydrogen) atoms. The first-order chi connectivity index (χ1) is 10.3. The van der Waals surface area contributed by atoms with Crippen LogP contribution in [0.5, 0.6) is 0 Å². The topological polar surface area (TPSA) is 72.9 Å². The van der Waals surface area contributed by atoms with Gasteiger partial charge in [-0.25, -0.2) is 0 Å². The summed E-state index contributed by atoms with van der Waals surface area (Å²) in [5, 5.41) is 14.6. The third-order valence-electron chi connectivity index (χ3n) is 3.95. The van der Waals surface area contributed by atoms with E-state index in [1.165, 1.54) is 11.8 Å². The second kappa shape index (κ2) is 6.91. The summed E-state index contributed by atoms with van der Waals surface area (Å²) in [6, 6.07) is 0.231. The molecule has 0 spiro atoms. The lowest BCUT2D eigenvalue weighted by atomic mass is 10.0. The SMILES string of the molecule is CC1CCCCN1C(=O)C1=CS[C@@H](NC=O)N1CC(C)(C)O. The average Bonchev–Trinajstić information content (AvgIpc) is 2.80. The minimum Gasteiger partial charge on any atom is -0.389 e. The monoisotopic (exact) mass is 327 g/mol. The number of carbonyl (C=O) groups excluding carboxylic acids is 2. The van der Waals surface area contributed by atoms with Crippen molar-refractivity contribution in [3.63, 3.8) is 0 Å². The fourth-order valence-electron chi connectivity index (χ4n) is 2.89. The van der Waals surface area contributed by atoms with E-state index in [2.05, 4.69) is 12.2 Å². The van der Waals surface area contributed by atoms with E-state index in [1.807, 2.05) is 4.90 Å². The number of aliphatic hydroxyl groups is 1. The van der Waals surface area contributed by atoms with E-state index in [4.69, 9.17) is 0 Å². The summed E-state index contributed by atoms with van der Waals surface area (Å²) < 4.78 is 0. The number of nitrogens with one attached hydrogen (secondary N) is 1. The Kier molecular flexibility index (Phi) is 5.39. The van der Waals surface area contributed by atoms with Crippen LogP contribution in [0.4, 0.5) is 0 Å². The minimum atomic E-state index is -0.958. The van der Waals surface area contributed by atoms with Crippen molar-refractivity contribution in [1.82, 2.24) is 15.1 Å². The Labute approximate surface area is 135 Å². The molecule has 124 valence electrons. The van der Waals surface area contributed by atoms with Crippen LogP contribution in [0.25, 0.3) is 0 Å². The summed E-state index contributed by atoms with van der Waals surface area (Å²) in [5.41, 5.74) is -0.746. The number of rotatable bonds is 5. The molecule has 0 saturated carbocycles. The van der Waals surface area contributed by atoms with Gasteiger partial charge in [0, 0.05) is 24.5 Å². The molecule has 1 fully saturated rings. The maximum absolute atomic E-state index is 12.9. The van der Waals surface area contributed by atoms with Crippen molar-refractivity contribution >= 4 is 24.1 Å². The fourth-order valence-corrected chi connectivity index (χ4v) is 3.85. The first kappa shape index (κ1) is 17.1. The van der Waals surface area contributed by atoms with Crippen LogP contribution in [0.1, 0.15) is 40.0 Å². The molecule has 0 aromatic rings. The van der Waals surface area contributed by atoms with Crippen LogP contribution >= 0.6 is 11.8 Å². The van der Waals surface area contributed by atoms with Gasteiger partial charge in [-0.2, -0.15) is 0 Å². The average molecular weight is 327 g/mol. The maximum atomic E-state index is 12.9. The molecule has 0 aromatic carbocycles. The number of hydrogen-bond acceptors (Lipinski definition) is 5. The van der Waals surface area contributed by atoms with Crippen LogP contribution in [-0.2, 0) is 9.59 Å². The van der Waals surface area contributed by atoms with E-state index in [9.17, 15) is 14.7 Å². The van der Waals surface area contributed by atoms with E-state index in [0.29, 0.717) is 12.1 Å². The summed E-state index contributed by atoms with van der Waals surface area (Å²) in [6.07, 6.45) is 3.83. The van der Waals surface area contributed by atoms with Crippen molar-refractivity contribution in [3.8, 4) is 0 Å². The van der Waals surface area contributed by atoms with Crippen LogP contribution in [-0.4, -0.2) is 57.5 Å². The number of β-amino-alcohol motifs (C(OH)–C–C–N with tert-alkyl or cyclic N) is 1. The highest BCUT2D eigenvalue weighted by Crippen LogP contribution is 2.32. The molecule has 2 atom stereocenters. The Hall–Kier alpha value is -1.21. The van der Waals surface area contributed by atoms with Crippen molar-refractivity contribution in [2.75, 3.05) is 13.1 Å². The predicted molar refractivity (Wildman–Crippen MR) is 86.7 cm³/mol. The molecule has 2 N–H and O–H groups in total. The van der Waals surface area contributed by atoms with E-state index >= 15 is 0 Å². The third kappa shape index (κ3) is 3.95. The minimum absolute atomic E-state index is 0.0147. The van der Waals surface area contributed by atoms with Crippen molar-refractivity contribution in [1.29, 1.82) is 0 Å². The van der Waals surface area contributed by atoms with Gasteiger partial charge in [0.1, 0.15) is 5.70 Å². The predicted octanol–water partition coefficient (Wildman–Crippen LogP) is 1.08. The highest BCUT2D eigenvalue weighted by Gasteiger charge is 2.37. The molecule has 2 amide bonds. The van der Waals surface area contributed by atoms with Crippen molar-refractivity contribution in [2.24, 2.45) is 0 Å². The standard InChI is InChI=1S/C15H25N3O3S/c1-11-6-4-5-7-17(11)13(20)12-8-22-14(16-10-19)18(12)9-15(2,3)21/h8,10-11,14,21H,4-7,9H2,1-3H3,(H,16,19)/t11?,14-/m0/s1. The number of piperidine rings is 1. The van der Waals surface area contributed by atoms with Gasteiger partial charge in [0.05, 0.1) is 5.60 Å². The van der Waals surface area contributed by atoms with Gasteiger partial charge >= 0.3 is 0 Å². The molecule has 2 rings (SSSR count). The van der Waals surface area contributed by atoms with Crippen molar-refractivity contribution < 1.29 is 14.7 Å². The van der Waals surface area contributed by atoms with Gasteiger partial charge in [0.25, 0.3) is 5.91 Å². The Bertz CT molecular complexity index is 461. The second-order valence-electron chi connectivity index (χ2n) is 6.56. The Balaban J connectivity index is 2.16. The molecule has 2 heterocycles. The van der Waals surface area contributed by atoms with E-state index in [-0.39, 0.29) is 24.0 Å². The summed E-state index contributed by atoms with van der Waals surface area (Å²) in [7, 11) is 0. The van der Waals surface area contributed by atoms with Crippen LogP contribution < -0.4 is 5.32 Å². The Morgan fingerprint density at radius 1 is 1.55 bits per heavy atom. The van der Waals surface area contributed by atoms with Gasteiger partial charge in [-0.1, -0.05) is 11.8 Å². The quantitative estimate of drug-likeness (QED) is 0.739.